The Bertz CT molecular complexity index is 774. The second kappa shape index (κ2) is 8.25. The lowest BCUT2D eigenvalue weighted by Crippen LogP contribution is -2.57. The lowest BCUT2D eigenvalue weighted by molar-refractivity contribution is -0.154. The Morgan fingerprint density at radius 1 is 0.970 bits per heavy atom. The number of aliphatic hydroxyl groups is 2. The average Bonchev–Trinajstić information content (AvgIpc) is 3.04. The van der Waals surface area contributed by atoms with Gasteiger partial charge in [0.25, 0.3) is 0 Å². The van der Waals surface area contributed by atoms with Crippen LogP contribution < -0.4 is 0 Å². The molecule has 0 saturated heterocycles. The van der Waals surface area contributed by atoms with Gasteiger partial charge >= 0.3 is 6.18 Å². The fourth-order valence-corrected chi connectivity index (χ4v) is 9.46. The van der Waals surface area contributed by atoms with Crippen molar-refractivity contribution in [2.45, 2.75) is 123 Å². The van der Waals surface area contributed by atoms with E-state index in [4.69, 9.17) is 0 Å². The summed E-state index contributed by atoms with van der Waals surface area (Å²) in [5.41, 5.74) is 1.56. The third-order valence-electron chi connectivity index (χ3n) is 11.1. The van der Waals surface area contributed by atoms with Gasteiger partial charge in [-0.2, -0.15) is 13.2 Å². The van der Waals surface area contributed by atoms with Crippen molar-refractivity contribution in [3.63, 3.8) is 0 Å². The standard InChI is InChI=1S/C28H45F3O2/c1-18(6-7-20(32)17-28(29,30)31)21-8-9-22-26(21,4)13-11-23-25(3)15-14-24(2,33)16-19(25)10-12-27(22,23)5/h10,18,20-23,32-33H,6-9,11-17H2,1-5H3/t18-,20+,21-,22-,23-,24+,25+,26-,27+/m1/s1. The highest BCUT2D eigenvalue weighted by atomic mass is 19.4. The number of rotatable bonds is 5. The van der Waals surface area contributed by atoms with Crippen LogP contribution in [-0.4, -0.2) is 28.1 Å². The summed E-state index contributed by atoms with van der Waals surface area (Å²) >= 11 is 0. The lowest BCUT2D eigenvalue weighted by atomic mass is 9.41. The molecule has 0 aromatic heterocycles. The predicted molar refractivity (Wildman–Crippen MR) is 126 cm³/mol. The fourth-order valence-electron chi connectivity index (χ4n) is 9.46. The highest BCUT2D eigenvalue weighted by Gasteiger charge is 2.64. The zero-order valence-electron chi connectivity index (χ0n) is 21.3. The van der Waals surface area contributed by atoms with Gasteiger partial charge in [-0.15, -0.1) is 0 Å². The van der Waals surface area contributed by atoms with Crippen molar-refractivity contribution in [3.05, 3.63) is 11.6 Å². The maximum absolute atomic E-state index is 12.6. The van der Waals surface area contributed by atoms with Crippen molar-refractivity contribution < 1.29 is 23.4 Å². The molecule has 0 aliphatic heterocycles. The Morgan fingerprint density at radius 3 is 2.33 bits per heavy atom. The molecule has 4 aliphatic carbocycles. The van der Waals surface area contributed by atoms with E-state index in [1.807, 2.05) is 6.92 Å². The van der Waals surface area contributed by atoms with Gasteiger partial charge in [0.15, 0.2) is 0 Å². The van der Waals surface area contributed by atoms with Crippen LogP contribution in [0.5, 0.6) is 0 Å². The normalized spacial score (nSPS) is 47.2. The molecule has 2 nitrogen and oxygen atoms in total. The molecule has 2 N–H and O–H groups in total. The summed E-state index contributed by atoms with van der Waals surface area (Å²) in [7, 11) is 0. The van der Waals surface area contributed by atoms with E-state index in [1.54, 1.807) is 0 Å². The molecule has 9 atom stereocenters. The Balaban J connectivity index is 1.49. The van der Waals surface area contributed by atoms with E-state index in [0.29, 0.717) is 30.1 Å². The van der Waals surface area contributed by atoms with Crippen LogP contribution in [0.15, 0.2) is 11.6 Å². The van der Waals surface area contributed by atoms with E-state index in [2.05, 4.69) is 33.8 Å². The van der Waals surface area contributed by atoms with Gasteiger partial charge in [-0.25, -0.2) is 0 Å². The minimum atomic E-state index is -4.30. The second-order valence-corrected chi connectivity index (χ2v) is 13.4. The van der Waals surface area contributed by atoms with Crippen molar-refractivity contribution in [3.8, 4) is 0 Å². The quantitative estimate of drug-likeness (QED) is 0.410. The van der Waals surface area contributed by atoms with Gasteiger partial charge in [0.2, 0.25) is 0 Å². The highest BCUT2D eigenvalue weighted by Crippen LogP contribution is 2.72. The van der Waals surface area contributed by atoms with Gasteiger partial charge < -0.3 is 10.2 Å². The molecule has 0 amide bonds. The van der Waals surface area contributed by atoms with E-state index in [1.165, 1.54) is 24.8 Å². The van der Waals surface area contributed by atoms with Gasteiger partial charge in [0.1, 0.15) is 0 Å². The topological polar surface area (TPSA) is 40.5 Å². The van der Waals surface area contributed by atoms with Crippen molar-refractivity contribution in [1.29, 1.82) is 0 Å². The van der Waals surface area contributed by atoms with E-state index < -0.39 is 24.3 Å². The van der Waals surface area contributed by atoms with Gasteiger partial charge in [0, 0.05) is 0 Å². The molecular weight excluding hydrogens is 425 g/mol. The molecule has 0 bridgehead atoms. The van der Waals surface area contributed by atoms with Gasteiger partial charge in [0.05, 0.1) is 18.1 Å². The fraction of sp³-hybridized carbons (Fsp3) is 0.929. The van der Waals surface area contributed by atoms with E-state index >= 15 is 0 Å². The summed E-state index contributed by atoms with van der Waals surface area (Å²) in [5, 5.41) is 20.6. The number of halogens is 3. The summed E-state index contributed by atoms with van der Waals surface area (Å²) in [6.07, 6.45) is 5.29. The predicted octanol–water partition coefficient (Wildman–Crippen LogP) is 7.44. The molecule has 0 spiro atoms. The van der Waals surface area contributed by atoms with Crippen molar-refractivity contribution >= 4 is 0 Å². The Hall–Kier alpha value is -0.550. The zero-order chi connectivity index (χ0) is 24.4. The van der Waals surface area contributed by atoms with Crippen molar-refractivity contribution in [1.82, 2.24) is 0 Å². The second-order valence-electron chi connectivity index (χ2n) is 13.4. The van der Waals surface area contributed by atoms with Crippen LogP contribution in [0.2, 0.25) is 0 Å². The molecule has 0 aromatic rings. The molecule has 5 heteroatoms. The summed E-state index contributed by atoms with van der Waals surface area (Å²) in [5.74, 6) is 2.12. The molecule has 4 rings (SSSR count). The van der Waals surface area contributed by atoms with Crippen LogP contribution in [0, 0.1) is 39.9 Å². The van der Waals surface area contributed by atoms with Crippen LogP contribution in [-0.2, 0) is 0 Å². The number of hydrogen-bond donors (Lipinski definition) is 2. The van der Waals surface area contributed by atoms with Crippen molar-refractivity contribution in [2.75, 3.05) is 0 Å². The first kappa shape index (κ1) is 25.5. The van der Waals surface area contributed by atoms with Gasteiger partial charge in [-0.1, -0.05) is 39.3 Å². The maximum Gasteiger partial charge on any atom is 0.391 e. The molecule has 0 unspecified atom stereocenters. The summed E-state index contributed by atoms with van der Waals surface area (Å²) in [6.45, 7) is 11.6. The van der Waals surface area contributed by atoms with E-state index in [-0.39, 0.29) is 22.7 Å². The van der Waals surface area contributed by atoms with Crippen LogP contribution >= 0.6 is 0 Å². The average molecular weight is 471 g/mol. The zero-order valence-corrected chi connectivity index (χ0v) is 21.3. The molecule has 190 valence electrons. The molecule has 33 heavy (non-hydrogen) atoms. The van der Waals surface area contributed by atoms with E-state index in [9.17, 15) is 23.4 Å². The Kier molecular flexibility index (Phi) is 6.39. The van der Waals surface area contributed by atoms with Crippen LogP contribution in [0.25, 0.3) is 0 Å². The molecule has 3 saturated carbocycles. The number of allylic oxidation sites excluding steroid dienone is 1. The van der Waals surface area contributed by atoms with Crippen LogP contribution in [0.3, 0.4) is 0 Å². The van der Waals surface area contributed by atoms with Gasteiger partial charge in [-0.05, 0) is 111 Å². The van der Waals surface area contributed by atoms with E-state index in [0.717, 1.165) is 32.1 Å². The Morgan fingerprint density at radius 2 is 1.67 bits per heavy atom. The largest absolute Gasteiger partial charge is 0.393 e. The number of hydrogen-bond acceptors (Lipinski definition) is 2. The molecule has 3 fully saturated rings. The number of aliphatic hydroxyl groups excluding tert-OH is 1. The van der Waals surface area contributed by atoms with Crippen molar-refractivity contribution in [2.24, 2.45) is 39.9 Å². The summed E-state index contributed by atoms with van der Waals surface area (Å²) in [6, 6.07) is 0. The SMILES string of the molecule is C[C@H](CC[C@H](O)CC(F)(F)F)[C@H]1CC[C@@H]2[C@]1(C)CC[C@H]1[C@@]2(C)CC=C2C[C@@](C)(O)CC[C@@]21C. The highest BCUT2D eigenvalue weighted by molar-refractivity contribution is 5.29. The lowest BCUT2D eigenvalue weighted by Gasteiger charge is -2.64. The summed E-state index contributed by atoms with van der Waals surface area (Å²) < 4.78 is 37.9. The first-order valence-electron chi connectivity index (χ1n) is 13.3. The minimum Gasteiger partial charge on any atom is -0.393 e. The minimum absolute atomic E-state index is 0.183. The first-order valence-corrected chi connectivity index (χ1v) is 13.3. The molecule has 0 heterocycles. The monoisotopic (exact) mass is 470 g/mol. The number of fused-ring (bicyclic) bond motifs is 5. The molecular formula is C28H45F3O2. The Labute approximate surface area is 198 Å². The first-order chi connectivity index (χ1) is 15.1. The van der Waals surface area contributed by atoms with Crippen LogP contribution in [0.4, 0.5) is 13.2 Å². The third kappa shape index (κ3) is 4.43. The summed E-state index contributed by atoms with van der Waals surface area (Å²) in [4.78, 5) is 0. The third-order valence-corrected chi connectivity index (χ3v) is 11.1. The van der Waals surface area contributed by atoms with Gasteiger partial charge in [-0.3, -0.25) is 0 Å². The molecule has 0 radical (unpaired) electrons. The maximum atomic E-state index is 12.6. The molecule has 0 aromatic carbocycles. The molecule has 4 aliphatic rings. The smallest absolute Gasteiger partial charge is 0.391 e. The number of alkyl halides is 3. The van der Waals surface area contributed by atoms with Crippen LogP contribution in [0.1, 0.15) is 105 Å².